The summed E-state index contributed by atoms with van der Waals surface area (Å²) in [4.78, 5) is 24.9. The van der Waals surface area contributed by atoms with Crippen LogP contribution in [0.25, 0.3) is 0 Å². The van der Waals surface area contributed by atoms with E-state index in [2.05, 4.69) is 4.89 Å². The molecule has 0 radical (unpaired) electrons. The minimum atomic E-state index is -1.06. The first-order valence-electron chi connectivity index (χ1n) is 3.76. The van der Waals surface area contributed by atoms with Crippen molar-refractivity contribution in [1.82, 2.24) is 0 Å². The van der Waals surface area contributed by atoms with E-state index in [9.17, 15) is 9.59 Å². The van der Waals surface area contributed by atoms with E-state index in [1.54, 1.807) is 6.92 Å². The number of aromatic carboxylic acids is 1. The third-order valence-corrected chi connectivity index (χ3v) is 1.78. The largest absolute Gasteiger partial charge is 0.478 e. The van der Waals surface area contributed by atoms with Gasteiger partial charge in [-0.3, -0.25) is 4.89 Å². The molecule has 0 aliphatic rings. The van der Waals surface area contributed by atoms with Crippen LogP contribution in [-0.4, -0.2) is 22.3 Å². The van der Waals surface area contributed by atoms with E-state index in [1.165, 1.54) is 18.2 Å². The molecule has 0 bridgehead atoms. The second-order valence-electron chi connectivity index (χ2n) is 2.71. The average Bonchev–Trinajstić information content (AvgIpc) is 2.15. The third-order valence-electron chi connectivity index (χ3n) is 1.78. The predicted molar refractivity (Wildman–Crippen MR) is 46.2 cm³/mol. The number of benzene rings is 1. The van der Waals surface area contributed by atoms with Gasteiger partial charge >= 0.3 is 11.9 Å². The summed E-state index contributed by atoms with van der Waals surface area (Å²) in [6.07, 6.45) is 0. The first-order valence-corrected chi connectivity index (χ1v) is 3.76. The average molecular weight is 196 g/mol. The van der Waals surface area contributed by atoms with E-state index in [-0.39, 0.29) is 11.1 Å². The highest BCUT2D eigenvalue weighted by molar-refractivity contribution is 5.93. The summed E-state index contributed by atoms with van der Waals surface area (Å²) in [6.45, 7) is 1.55. The summed E-state index contributed by atoms with van der Waals surface area (Å²) in [5.41, 5.74) is 0.648. The maximum absolute atomic E-state index is 10.8. The van der Waals surface area contributed by atoms with Crippen LogP contribution in [-0.2, 0) is 4.89 Å². The molecular formula is C9H8O5. The summed E-state index contributed by atoms with van der Waals surface area (Å²) in [6, 6.07) is 3.89. The predicted octanol–water partition coefficient (Wildman–Crippen LogP) is 1.32. The number of carboxylic acids is 1. The van der Waals surface area contributed by atoms with Crippen molar-refractivity contribution in [3.05, 3.63) is 34.9 Å². The van der Waals surface area contributed by atoms with E-state index in [4.69, 9.17) is 10.4 Å². The van der Waals surface area contributed by atoms with Crippen molar-refractivity contribution in [2.75, 3.05) is 0 Å². The molecule has 0 saturated heterocycles. The minimum Gasteiger partial charge on any atom is -0.478 e. The van der Waals surface area contributed by atoms with E-state index in [0.717, 1.165) is 0 Å². The Kier molecular flexibility index (Phi) is 2.83. The van der Waals surface area contributed by atoms with Crippen LogP contribution in [0.15, 0.2) is 18.2 Å². The second kappa shape index (κ2) is 3.89. The lowest BCUT2D eigenvalue weighted by atomic mass is 10.1. The Morgan fingerprint density at radius 1 is 1.36 bits per heavy atom. The van der Waals surface area contributed by atoms with Crippen molar-refractivity contribution in [3.8, 4) is 0 Å². The van der Waals surface area contributed by atoms with Crippen LogP contribution in [0, 0.1) is 6.92 Å². The second-order valence-corrected chi connectivity index (χ2v) is 2.71. The molecule has 0 aliphatic carbocycles. The van der Waals surface area contributed by atoms with Crippen LogP contribution in [0.2, 0.25) is 0 Å². The summed E-state index contributed by atoms with van der Waals surface area (Å²) >= 11 is 0. The van der Waals surface area contributed by atoms with Crippen molar-refractivity contribution in [2.45, 2.75) is 6.92 Å². The fourth-order valence-electron chi connectivity index (χ4n) is 1.08. The molecule has 5 heteroatoms. The Balaban J connectivity index is 3.12. The van der Waals surface area contributed by atoms with Gasteiger partial charge in [-0.15, -0.1) is 0 Å². The molecule has 0 atom stereocenters. The zero-order valence-electron chi connectivity index (χ0n) is 7.35. The molecule has 0 saturated carbocycles. The van der Waals surface area contributed by atoms with Crippen molar-refractivity contribution >= 4 is 11.9 Å². The monoisotopic (exact) mass is 196 g/mol. The molecule has 0 aliphatic heterocycles. The number of carbonyl (C=O) groups is 2. The van der Waals surface area contributed by atoms with Gasteiger partial charge in [0.25, 0.3) is 0 Å². The Hall–Kier alpha value is -1.88. The Labute approximate surface area is 79.5 Å². The molecule has 74 valence electrons. The number of aryl methyl sites for hydroxylation is 1. The maximum atomic E-state index is 10.8. The fourth-order valence-corrected chi connectivity index (χ4v) is 1.08. The van der Waals surface area contributed by atoms with Gasteiger partial charge in [0.05, 0.1) is 11.1 Å². The topological polar surface area (TPSA) is 83.8 Å². The zero-order chi connectivity index (χ0) is 10.7. The van der Waals surface area contributed by atoms with Crippen LogP contribution in [0.1, 0.15) is 26.3 Å². The van der Waals surface area contributed by atoms with Gasteiger partial charge < -0.3 is 5.11 Å². The van der Waals surface area contributed by atoms with Crippen molar-refractivity contribution in [3.63, 3.8) is 0 Å². The lowest BCUT2D eigenvalue weighted by Gasteiger charge is -2.02. The smallest absolute Gasteiger partial charge is 0.372 e. The molecule has 0 spiro atoms. The highest BCUT2D eigenvalue weighted by atomic mass is 17.1. The number of rotatable bonds is 2. The van der Waals surface area contributed by atoms with Crippen molar-refractivity contribution < 1.29 is 24.8 Å². The van der Waals surface area contributed by atoms with Gasteiger partial charge in [-0.1, -0.05) is 0 Å². The number of hydrogen-bond donors (Lipinski definition) is 2. The van der Waals surface area contributed by atoms with E-state index in [1.807, 2.05) is 0 Å². The maximum Gasteiger partial charge on any atom is 0.372 e. The highest BCUT2D eigenvalue weighted by Crippen LogP contribution is 2.11. The molecule has 0 unspecified atom stereocenters. The number of carboxylic acid groups (broad SMARTS) is 1. The summed E-state index contributed by atoms with van der Waals surface area (Å²) in [7, 11) is 0. The Morgan fingerprint density at radius 2 is 2.00 bits per heavy atom. The number of carbonyl (C=O) groups excluding carboxylic acids is 1. The van der Waals surface area contributed by atoms with Gasteiger partial charge in [0, 0.05) is 0 Å². The first-order chi connectivity index (χ1) is 6.56. The SMILES string of the molecule is Cc1cc(C(=O)OO)ccc1C(=O)O. The van der Waals surface area contributed by atoms with Crippen LogP contribution in [0.4, 0.5) is 0 Å². The highest BCUT2D eigenvalue weighted by Gasteiger charge is 2.11. The van der Waals surface area contributed by atoms with Crippen molar-refractivity contribution in [2.24, 2.45) is 0 Å². The molecule has 1 aromatic carbocycles. The van der Waals surface area contributed by atoms with Crippen LogP contribution >= 0.6 is 0 Å². The molecule has 2 N–H and O–H groups in total. The first kappa shape index (κ1) is 10.2. The Bertz CT molecular complexity index is 383. The van der Waals surface area contributed by atoms with Gasteiger partial charge in [0.2, 0.25) is 0 Å². The molecule has 0 heterocycles. The number of hydrogen-bond acceptors (Lipinski definition) is 4. The zero-order valence-corrected chi connectivity index (χ0v) is 7.35. The minimum absolute atomic E-state index is 0.106. The normalized spacial score (nSPS) is 9.57. The molecule has 0 amide bonds. The van der Waals surface area contributed by atoms with Crippen LogP contribution in [0.5, 0.6) is 0 Å². The molecule has 1 aromatic rings. The van der Waals surface area contributed by atoms with Crippen molar-refractivity contribution in [1.29, 1.82) is 0 Å². The van der Waals surface area contributed by atoms with Crippen LogP contribution in [0.3, 0.4) is 0 Å². The van der Waals surface area contributed by atoms with Crippen LogP contribution < -0.4 is 0 Å². The molecule has 5 nitrogen and oxygen atoms in total. The van der Waals surface area contributed by atoms with E-state index >= 15 is 0 Å². The summed E-state index contributed by atoms with van der Waals surface area (Å²) in [5, 5.41) is 16.8. The van der Waals surface area contributed by atoms with Gasteiger partial charge in [-0.05, 0) is 30.7 Å². The van der Waals surface area contributed by atoms with E-state index in [0.29, 0.717) is 5.56 Å². The molecule has 0 aromatic heterocycles. The summed E-state index contributed by atoms with van der Waals surface area (Å²) in [5.74, 6) is -1.98. The fraction of sp³-hybridized carbons (Fsp3) is 0.111. The molecular weight excluding hydrogens is 188 g/mol. The lowest BCUT2D eigenvalue weighted by molar-refractivity contribution is -0.182. The standard InChI is InChI=1S/C9H8O5/c1-5-4-6(9(12)14-13)2-3-7(5)8(10)11/h2-4,13H,1H3,(H,10,11). The van der Waals surface area contributed by atoms with Gasteiger partial charge in [-0.25, -0.2) is 9.59 Å². The lowest BCUT2D eigenvalue weighted by Crippen LogP contribution is -2.05. The molecule has 14 heavy (non-hydrogen) atoms. The molecule has 0 fully saturated rings. The van der Waals surface area contributed by atoms with Gasteiger partial charge in [0.15, 0.2) is 0 Å². The third kappa shape index (κ3) is 1.89. The summed E-state index contributed by atoms with van der Waals surface area (Å²) < 4.78 is 0. The van der Waals surface area contributed by atoms with E-state index < -0.39 is 11.9 Å². The quantitative estimate of drug-likeness (QED) is 0.550. The van der Waals surface area contributed by atoms with Gasteiger partial charge in [0.1, 0.15) is 0 Å². The van der Waals surface area contributed by atoms with Gasteiger partial charge in [-0.2, -0.15) is 5.26 Å². The Morgan fingerprint density at radius 3 is 2.43 bits per heavy atom. The molecule has 1 rings (SSSR count).